The summed E-state index contributed by atoms with van der Waals surface area (Å²) < 4.78 is 15.8. The second kappa shape index (κ2) is 10.1. The Bertz CT molecular complexity index is 1120. The number of aryl methyl sites for hydroxylation is 2. The van der Waals surface area contributed by atoms with E-state index in [0.29, 0.717) is 18.2 Å². The molecule has 0 unspecified atom stereocenters. The minimum Gasteiger partial charge on any atom is -0.465 e. The van der Waals surface area contributed by atoms with E-state index in [1.807, 2.05) is 13.8 Å². The highest BCUT2D eigenvalue weighted by Crippen LogP contribution is 2.37. The van der Waals surface area contributed by atoms with E-state index in [1.54, 1.807) is 11.3 Å². The van der Waals surface area contributed by atoms with Gasteiger partial charge in [0.15, 0.2) is 0 Å². The average Bonchev–Trinajstić information content (AvgIpc) is 3.09. The molecule has 0 fully saturated rings. The molecule has 0 saturated heterocycles. The fraction of sp³-hybridized carbons (Fsp3) is 0.391. The molecule has 0 N–H and O–H groups in total. The Morgan fingerprint density at radius 3 is 2.09 bits per heavy atom. The third kappa shape index (κ3) is 4.89. The smallest absolute Gasteiger partial charge is 0.338 e. The van der Waals surface area contributed by atoms with Crippen molar-refractivity contribution < 1.29 is 23.8 Å². The number of hydrogen-bond donors (Lipinski definition) is 0. The predicted molar refractivity (Wildman–Crippen MR) is 123 cm³/mol. The van der Waals surface area contributed by atoms with Crippen LogP contribution >= 0.6 is 11.3 Å². The van der Waals surface area contributed by atoms with Gasteiger partial charge in [0.25, 0.3) is 0 Å². The van der Waals surface area contributed by atoms with Gasteiger partial charge in [-0.15, -0.1) is 11.3 Å². The number of fused-ring (bicyclic) bond motifs is 1. The Balaban J connectivity index is 2.12. The van der Waals surface area contributed by atoms with Crippen LogP contribution in [0.2, 0.25) is 0 Å². The largest absolute Gasteiger partial charge is 0.465 e. The van der Waals surface area contributed by atoms with Crippen LogP contribution < -0.4 is 4.74 Å². The maximum absolute atomic E-state index is 12.1. The second-order valence-electron chi connectivity index (χ2n) is 7.20. The summed E-state index contributed by atoms with van der Waals surface area (Å²) in [6.07, 6.45) is 0. The fourth-order valence-electron chi connectivity index (χ4n) is 3.29. The van der Waals surface area contributed by atoms with Gasteiger partial charge in [0.1, 0.15) is 16.4 Å². The number of rotatable bonds is 8. The molecular weight excluding hydrogens is 430 g/mol. The number of thiophene rings is 1. The van der Waals surface area contributed by atoms with Crippen LogP contribution in [0.5, 0.6) is 11.6 Å². The van der Waals surface area contributed by atoms with E-state index >= 15 is 0 Å². The number of aromatic nitrogens is 2. The SMILES string of the molecule is CCN(CC)Cc1nc(Oc2cc(C(=O)OC)cc(C(=O)OC)c2)c2c(C)c(C)sc2n1. The summed E-state index contributed by atoms with van der Waals surface area (Å²) in [6, 6.07) is 4.45. The number of methoxy groups -OCH3 is 2. The molecule has 1 aromatic carbocycles. The third-order valence-electron chi connectivity index (χ3n) is 5.26. The van der Waals surface area contributed by atoms with E-state index in [2.05, 4.69) is 18.7 Å². The number of carbonyl (C=O) groups excluding carboxylic acids is 2. The van der Waals surface area contributed by atoms with Crippen molar-refractivity contribution in [2.75, 3.05) is 27.3 Å². The van der Waals surface area contributed by atoms with Crippen molar-refractivity contribution in [1.29, 1.82) is 0 Å². The number of esters is 2. The molecule has 0 saturated carbocycles. The molecule has 2 aromatic heterocycles. The molecule has 9 heteroatoms. The van der Waals surface area contributed by atoms with Crippen LogP contribution in [0.25, 0.3) is 10.2 Å². The van der Waals surface area contributed by atoms with Gasteiger partial charge in [0, 0.05) is 4.88 Å². The lowest BCUT2D eigenvalue weighted by Crippen LogP contribution is -2.23. The number of nitrogens with zero attached hydrogens (tertiary/aromatic N) is 3. The molecule has 3 rings (SSSR count). The van der Waals surface area contributed by atoms with Crippen LogP contribution in [0.3, 0.4) is 0 Å². The van der Waals surface area contributed by atoms with Crippen molar-refractivity contribution in [2.45, 2.75) is 34.2 Å². The normalized spacial score (nSPS) is 11.1. The van der Waals surface area contributed by atoms with E-state index < -0.39 is 11.9 Å². The van der Waals surface area contributed by atoms with Gasteiger partial charge in [-0.25, -0.2) is 14.6 Å². The second-order valence-corrected chi connectivity index (χ2v) is 8.40. The molecule has 0 bridgehead atoms. The first-order chi connectivity index (χ1) is 15.3. The van der Waals surface area contributed by atoms with Gasteiger partial charge in [-0.3, -0.25) is 4.90 Å². The monoisotopic (exact) mass is 457 g/mol. The quantitative estimate of drug-likeness (QED) is 0.456. The molecule has 0 aliphatic rings. The summed E-state index contributed by atoms with van der Waals surface area (Å²) in [4.78, 5) is 37.9. The van der Waals surface area contributed by atoms with Crippen molar-refractivity contribution in [3.05, 3.63) is 45.6 Å². The van der Waals surface area contributed by atoms with Gasteiger partial charge in [-0.05, 0) is 50.7 Å². The minimum absolute atomic E-state index is 0.178. The van der Waals surface area contributed by atoms with E-state index in [-0.39, 0.29) is 16.9 Å². The van der Waals surface area contributed by atoms with Gasteiger partial charge < -0.3 is 14.2 Å². The van der Waals surface area contributed by atoms with Crippen molar-refractivity contribution in [1.82, 2.24) is 14.9 Å². The molecule has 0 radical (unpaired) electrons. The molecule has 0 aliphatic heterocycles. The Morgan fingerprint density at radius 1 is 0.969 bits per heavy atom. The lowest BCUT2D eigenvalue weighted by Gasteiger charge is -2.17. The first-order valence-corrected chi connectivity index (χ1v) is 11.1. The van der Waals surface area contributed by atoms with Crippen molar-refractivity contribution in [2.24, 2.45) is 0 Å². The summed E-state index contributed by atoms with van der Waals surface area (Å²) >= 11 is 1.59. The maximum Gasteiger partial charge on any atom is 0.338 e. The summed E-state index contributed by atoms with van der Waals surface area (Å²) in [5, 5.41) is 0.818. The lowest BCUT2D eigenvalue weighted by atomic mass is 10.1. The van der Waals surface area contributed by atoms with Gasteiger partial charge in [-0.1, -0.05) is 13.8 Å². The number of hydrogen-bond acceptors (Lipinski definition) is 9. The number of carbonyl (C=O) groups is 2. The third-order valence-corrected chi connectivity index (χ3v) is 6.37. The predicted octanol–water partition coefficient (Wildman–Crippen LogP) is 4.52. The van der Waals surface area contributed by atoms with Gasteiger partial charge in [0.05, 0.1) is 37.3 Å². The molecule has 0 atom stereocenters. The standard InChI is InChI=1S/C23H27N3O5S/c1-7-26(8-2)12-18-24-20(19-13(3)14(4)32-21(19)25-18)31-17-10-15(22(27)29-5)9-16(11-17)23(28)30-6/h9-11H,7-8,12H2,1-6H3. The van der Waals surface area contributed by atoms with Crippen LogP contribution in [0, 0.1) is 13.8 Å². The highest BCUT2D eigenvalue weighted by molar-refractivity contribution is 7.18. The molecule has 0 spiro atoms. The van der Waals surface area contributed by atoms with Crippen LogP contribution in [-0.2, 0) is 16.0 Å². The van der Waals surface area contributed by atoms with Gasteiger partial charge in [-0.2, -0.15) is 4.98 Å². The average molecular weight is 458 g/mol. The maximum atomic E-state index is 12.1. The van der Waals surface area contributed by atoms with Crippen molar-refractivity contribution in [3.63, 3.8) is 0 Å². The molecule has 0 aliphatic carbocycles. The molecule has 3 aromatic rings. The lowest BCUT2D eigenvalue weighted by molar-refractivity contribution is 0.0598. The number of ether oxygens (including phenoxy) is 3. The van der Waals surface area contributed by atoms with E-state index in [0.717, 1.165) is 33.7 Å². The molecule has 170 valence electrons. The summed E-state index contributed by atoms with van der Waals surface area (Å²) in [7, 11) is 2.55. The van der Waals surface area contributed by atoms with Crippen LogP contribution in [0.4, 0.5) is 0 Å². The highest BCUT2D eigenvalue weighted by atomic mass is 32.1. The minimum atomic E-state index is -0.585. The topological polar surface area (TPSA) is 90.9 Å². The Morgan fingerprint density at radius 2 is 1.56 bits per heavy atom. The summed E-state index contributed by atoms with van der Waals surface area (Å²) in [5.74, 6) is 0.147. The first kappa shape index (κ1) is 23.6. The van der Waals surface area contributed by atoms with Crippen LogP contribution in [0.15, 0.2) is 18.2 Å². The molecular formula is C23H27N3O5S. The molecule has 2 heterocycles. The highest BCUT2D eigenvalue weighted by Gasteiger charge is 2.20. The first-order valence-electron chi connectivity index (χ1n) is 10.3. The van der Waals surface area contributed by atoms with Crippen molar-refractivity contribution in [3.8, 4) is 11.6 Å². The van der Waals surface area contributed by atoms with Gasteiger partial charge in [0.2, 0.25) is 5.88 Å². The van der Waals surface area contributed by atoms with Crippen LogP contribution in [-0.4, -0.2) is 54.1 Å². The Labute approximate surface area is 191 Å². The van der Waals surface area contributed by atoms with E-state index in [4.69, 9.17) is 24.2 Å². The fourth-order valence-corrected chi connectivity index (χ4v) is 4.33. The van der Waals surface area contributed by atoms with Crippen molar-refractivity contribution >= 4 is 33.5 Å². The summed E-state index contributed by atoms with van der Waals surface area (Å²) in [5.41, 5.74) is 1.39. The van der Waals surface area contributed by atoms with E-state index in [9.17, 15) is 9.59 Å². The zero-order valence-corrected chi connectivity index (χ0v) is 20.0. The molecule has 8 nitrogen and oxygen atoms in total. The zero-order valence-electron chi connectivity index (χ0n) is 19.1. The number of benzene rings is 1. The van der Waals surface area contributed by atoms with Crippen LogP contribution in [0.1, 0.15) is 50.8 Å². The molecule has 32 heavy (non-hydrogen) atoms. The Hall–Kier alpha value is -3.04. The molecule has 0 amide bonds. The zero-order chi connectivity index (χ0) is 23.4. The summed E-state index contributed by atoms with van der Waals surface area (Å²) in [6.45, 7) is 10.5. The van der Waals surface area contributed by atoms with Gasteiger partial charge >= 0.3 is 11.9 Å². The van der Waals surface area contributed by atoms with E-state index in [1.165, 1.54) is 32.4 Å². The Kier molecular flexibility index (Phi) is 7.42.